The van der Waals surface area contributed by atoms with Crippen molar-refractivity contribution >= 4 is 15.8 Å². The van der Waals surface area contributed by atoms with Gasteiger partial charge >= 0.3 is 10.1 Å². The van der Waals surface area contributed by atoms with Crippen LogP contribution in [0, 0.1) is 21.7 Å². The third kappa shape index (κ3) is 3.31. The van der Waals surface area contributed by atoms with Crippen LogP contribution in [0.4, 0.5) is 14.5 Å². The van der Waals surface area contributed by atoms with E-state index in [2.05, 4.69) is 4.18 Å². The fraction of sp³-hybridized carbons (Fsp3) is 0. The number of halogens is 2. The highest BCUT2D eigenvalue weighted by molar-refractivity contribution is 7.87. The van der Waals surface area contributed by atoms with E-state index in [1.54, 1.807) is 0 Å². The standard InChI is InChI=1S/C12H7F2NO5S/c13-8-1-6-12(11(14)7-8)21(18,19)20-10-4-2-9(3-5-10)15(16)17/h1-7H. The number of hydrogen-bond acceptors (Lipinski definition) is 5. The predicted octanol–water partition coefficient (Wildman–Crippen LogP) is 2.64. The Morgan fingerprint density at radius 2 is 1.67 bits per heavy atom. The van der Waals surface area contributed by atoms with Crippen molar-refractivity contribution in [2.45, 2.75) is 4.90 Å². The molecule has 0 spiro atoms. The molecule has 0 aromatic heterocycles. The van der Waals surface area contributed by atoms with Crippen molar-refractivity contribution in [1.82, 2.24) is 0 Å². The van der Waals surface area contributed by atoms with E-state index in [1.165, 1.54) is 0 Å². The maximum absolute atomic E-state index is 13.4. The summed E-state index contributed by atoms with van der Waals surface area (Å²) in [5, 5.41) is 10.5. The van der Waals surface area contributed by atoms with Gasteiger partial charge in [-0.05, 0) is 24.3 Å². The largest absolute Gasteiger partial charge is 0.379 e. The molecule has 0 saturated heterocycles. The summed E-state index contributed by atoms with van der Waals surface area (Å²) < 4.78 is 54.5. The van der Waals surface area contributed by atoms with Crippen molar-refractivity contribution in [2.75, 3.05) is 0 Å². The van der Waals surface area contributed by atoms with E-state index in [0.717, 1.165) is 36.4 Å². The first kappa shape index (κ1) is 14.9. The normalized spacial score (nSPS) is 11.1. The van der Waals surface area contributed by atoms with Crippen molar-refractivity contribution in [3.05, 3.63) is 64.2 Å². The van der Waals surface area contributed by atoms with Crippen LogP contribution >= 0.6 is 0 Å². The van der Waals surface area contributed by atoms with Crippen LogP contribution in [-0.4, -0.2) is 13.3 Å². The van der Waals surface area contributed by atoms with Gasteiger partial charge in [-0.15, -0.1) is 0 Å². The Morgan fingerprint density at radius 1 is 1.05 bits per heavy atom. The first-order chi connectivity index (χ1) is 9.79. The number of nitro groups is 1. The third-order valence-electron chi connectivity index (χ3n) is 2.42. The van der Waals surface area contributed by atoms with Crippen LogP contribution < -0.4 is 4.18 Å². The lowest BCUT2D eigenvalue weighted by Crippen LogP contribution is -2.11. The number of rotatable bonds is 4. The zero-order valence-corrected chi connectivity index (χ0v) is 11.0. The fourth-order valence-corrected chi connectivity index (χ4v) is 2.46. The summed E-state index contributed by atoms with van der Waals surface area (Å²) in [5.74, 6) is -2.46. The van der Waals surface area contributed by atoms with Crippen molar-refractivity contribution < 1.29 is 26.3 Å². The highest BCUT2D eigenvalue weighted by atomic mass is 32.2. The molecule has 9 heteroatoms. The zero-order valence-electron chi connectivity index (χ0n) is 10.2. The van der Waals surface area contributed by atoms with Gasteiger partial charge in [0.05, 0.1) is 4.92 Å². The van der Waals surface area contributed by atoms with Crippen LogP contribution in [0.3, 0.4) is 0 Å². The summed E-state index contributed by atoms with van der Waals surface area (Å²) in [6, 6.07) is 6.08. The van der Waals surface area contributed by atoms with Gasteiger partial charge in [0.25, 0.3) is 5.69 Å². The average Bonchev–Trinajstić information content (AvgIpc) is 2.38. The molecule has 2 aromatic rings. The van der Waals surface area contributed by atoms with E-state index in [1.807, 2.05) is 0 Å². The van der Waals surface area contributed by atoms with Crippen molar-refractivity contribution in [2.24, 2.45) is 0 Å². The second kappa shape index (κ2) is 5.44. The Labute approximate surface area is 117 Å². The molecular weight excluding hydrogens is 308 g/mol. The number of benzene rings is 2. The zero-order chi connectivity index (χ0) is 15.6. The van der Waals surface area contributed by atoms with Gasteiger partial charge in [0.1, 0.15) is 22.3 Å². The molecule has 0 heterocycles. The lowest BCUT2D eigenvalue weighted by atomic mass is 10.3. The summed E-state index contributed by atoms with van der Waals surface area (Å²) >= 11 is 0. The Morgan fingerprint density at radius 3 is 2.19 bits per heavy atom. The average molecular weight is 315 g/mol. The van der Waals surface area contributed by atoms with E-state index in [-0.39, 0.29) is 11.4 Å². The molecule has 0 aliphatic rings. The summed E-state index contributed by atoms with van der Waals surface area (Å²) in [5.41, 5.74) is -0.257. The first-order valence-corrected chi connectivity index (χ1v) is 6.84. The van der Waals surface area contributed by atoms with E-state index < -0.39 is 31.6 Å². The SMILES string of the molecule is O=[N+]([O-])c1ccc(OS(=O)(=O)c2ccc(F)cc2F)cc1. The summed E-state index contributed by atoms with van der Waals surface area (Å²) in [4.78, 5) is 8.96. The smallest absolute Gasteiger partial charge is 0.342 e. The lowest BCUT2D eigenvalue weighted by Gasteiger charge is -2.07. The van der Waals surface area contributed by atoms with Gasteiger partial charge in [0.2, 0.25) is 0 Å². The predicted molar refractivity (Wildman–Crippen MR) is 67.3 cm³/mol. The molecule has 0 amide bonds. The van der Waals surface area contributed by atoms with Gasteiger partial charge in [-0.2, -0.15) is 8.42 Å². The van der Waals surface area contributed by atoms with Gasteiger partial charge in [0, 0.05) is 18.2 Å². The molecular formula is C12H7F2NO5S. The summed E-state index contributed by atoms with van der Waals surface area (Å²) in [6.07, 6.45) is 0. The van der Waals surface area contributed by atoms with Gasteiger partial charge in [-0.25, -0.2) is 8.78 Å². The van der Waals surface area contributed by atoms with Crippen molar-refractivity contribution in [1.29, 1.82) is 0 Å². The van der Waals surface area contributed by atoms with E-state index >= 15 is 0 Å². The lowest BCUT2D eigenvalue weighted by molar-refractivity contribution is -0.384. The molecule has 0 N–H and O–H groups in total. The number of non-ortho nitro benzene ring substituents is 1. The number of hydrogen-bond donors (Lipinski definition) is 0. The van der Waals surface area contributed by atoms with Crippen molar-refractivity contribution in [3.8, 4) is 5.75 Å². The van der Waals surface area contributed by atoms with E-state index in [0.29, 0.717) is 6.07 Å². The molecule has 6 nitrogen and oxygen atoms in total. The highest BCUT2D eigenvalue weighted by Crippen LogP contribution is 2.23. The molecule has 0 radical (unpaired) electrons. The maximum atomic E-state index is 13.4. The molecule has 0 aliphatic heterocycles. The molecule has 0 atom stereocenters. The van der Waals surface area contributed by atoms with Crippen molar-refractivity contribution in [3.63, 3.8) is 0 Å². The quantitative estimate of drug-likeness (QED) is 0.492. The van der Waals surface area contributed by atoms with E-state index in [9.17, 15) is 27.3 Å². The molecule has 0 fully saturated rings. The minimum absolute atomic E-state index is 0.232. The molecule has 2 rings (SSSR count). The third-order valence-corrected chi connectivity index (χ3v) is 3.70. The van der Waals surface area contributed by atoms with Crippen LogP contribution in [0.25, 0.3) is 0 Å². The molecule has 0 aliphatic carbocycles. The van der Waals surface area contributed by atoms with Crippen LogP contribution in [-0.2, 0) is 10.1 Å². The fourth-order valence-electron chi connectivity index (χ4n) is 1.47. The number of nitrogens with zero attached hydrogens (tertiary/aromatic N) is 1. The van der Waals surface area contributed by atoms with Crippen LogP contribution in [0.1, 0.15) is 0 Å². The Balaban J connectivity index is 2.30. The Hall–Kier alpha value is -2.55. The monoisotopic (exact) mass is 315 g/mol. The Bertz CT molecular complexity index is 790. The van der Waals surface area contributed by atoms with E-state index in [4.69, 9.17) is 0 Å². The summed E-state index contributed by atoms with van der Waals surface area (Å²) in [6.45, 7) is 0. The second-order valence-corrected chi connectivity index (χ2v) is 5.38. The van der Waals surface area contributed by atoms with Gasteiger partial charge in [-0.1, -0.05) is 0 Å². The minimum Gasteiger partial charge on any atom is -0.379 e. The molecule has 21 heavy (non-hydrogen) atoms. The van der Waals surface area contributed by atoms with Gasteiger partial charge in [0.15, 0.2) is 0 Å². The second-order valence-electron chi connectivity index (χ2n) is 3.86. The molecule has 0 unspecified atom stereocenters. The topological polar surface area (TPSA) is 86.5 Å². The highest BCUT2D eigenvalue weighted by Gasteiger charge is 2.22. The molecule has 0 bridgehead atoms. The van der Waals surface area contributed by atoms with Crippen LogP contribution in [0.2, 0.25) is 0 Å². The molecule has 2 aromatic carbocycles. The molecule has 0 saturated carbocycles. The van der Waals surface area contributed by atoms with Gasteiger partial charge in [-0.3, -0.25) is 10.1 Å². The Kier molecular flexibility index (Phi) is 3.85. The first-order valence-electron chi connectivity index (χ1n) is 5.43. The van der Waals surface area contributed by atoms with Crippen LogP contribution in [0.15, 0.2) is 47.4 Å². The minimum atomic E-state index is -4.51. The summed E-state index contributed by atoms with van der Waals surface area (Å²) in [7, 11) is -4.51. The van der Waals surface area contributed by atoms with Gasteiger partial charge < -0.3 is 4.18 Å². The number of nitro benzene ring substituents is 1. The van der Waals surface area contributed by atoms with Crippen LogP contribution in [0.5, 0.6) is 5.75 Å². The molecule has 110 valence electrons. The maximum Gasteiger partial charge on any atom is 0.342 e.